The topological polar surface area (TPSA) is 41.3 Å². The molecule has 4 heteroatoms. The largest absolute Gasteiger partial charge is 0.389 e. The highest BCUT2D eigenvalue weighted by Crippen LogP contribution is 2.23. The monoisotopic (exact) mass is 237 g/mol. The molecule has 1 saturated heterocycles. The van der Waals surface area contributed by atoms with Crippen LogP contribution in [0.15, 0.2) is 6.20 Å². The average Bonchev–Trinajstić information content (AvgIpc) is 2.58. The molecule has 17 heavy (non-hydrogen) atoms. The fourth-order valence-electron chi connectivity index (χ4n) is 2.43. The van der Waals surface area contributed by atoms with Crippen LogP contribution in [0.4, 0.5) is 5.69 Å². The van der Waals surface area contributed by atoms with Gasteiger partial charge in [0.25, 0.3) is 0 Å². The molecule has 0 aromatic carbocycles. The molecule has 1 aromatic rings. The molecule has 1 aromatic heterocycles. The van der Waals surface area contributed by atoms with Crippen LogP contribution in [0.25, 0.3) is 0 Å². The Morgan fingerprint density at radius 2 is 1.94 bits per heavy atom. The number of anilines is 1. The number of aromatic nitrogens is 2. The van der Waals surface area contributed by atoms with Gasteiger partial charge in [0, 0.05) is 19.3 Å². The van der Waals surface area contributed by atoms with E-state index >= 15 is 0 Å². The summed E-state index contributed by atoms with van der Waals surface area (Å²) in [5.41, 5.74) is 1.59. The summed E-state index contributed by atoms with van der Waals surface area (Å²) >= 11 is 0. The zero-order valence-electron chi connectivity index (χ0n) is 11.1. The van der Waals surface area contributed by atoms with Crippen molar-refractivity contribution in [2.75, 3.05) is 18.0 Å². The van der Waals surface area contributed by atoms with E-state index in [1.54, 1.807) is 0 Å². The predicted octanol–water partition coefficient (Wildman–Crippen LogP) is 1.95. The van der Waals surface area contributed by atoms with E-state index < -0.39 is 5.60 Å². The van der Waals surface area contributed by atoms with Crippen molar-refractivity contribution in [1.82, 2.24) is 9.78 Å². The number of nitrogens with zero attached hydrogens (tertiary/aromatic N) is 3. The van der Waals surface area contributed by atoms with Gasteiger partial charge in [0.05, 0.1) is 23.5 Å². The molecule has 1 aliphatic rings. The summed E-state index contributed by atoms with van der Waals surface area (Å²) in [4.78, 5) is 2.41. The van der Waals surface area contributed by atoms with Crippen molar-refractivity contribution in [1.29, 1.82) is 0 Å². The summed E-state index contributed by atoms with van der Waals surface area (Å²) < 4.78 is 1.86. The van der Waals surface area contributed by atoms with Gasteiger partial charge in [0.1, 0.15) is 0 Å². The molecule has 1 fully saturated rings. The third kappa shape index (κ3) is 3.22. The van der Waals surface area contributed by atoms with E-state index in [4.69, 9.17) is 0 Å². The molecule has 0 atom stereocenters. The quantitative estimate of drug-likeness (QED) is 0.873. The fraction of sp³-hybridized carbons (Fsp3) is 0.769. The number of hydrogen-bond donors (Lipinski definition) is 1. The average molecular weight is 237 g/mol. The van der Waals surface area contributed by atoms with Crippen LogP contribution in [0.3, 0.4) is 0 Å². The summed E-state index contributed by atoms with van der Waals surface area (Å²) in [6.45, 7) is 8.48. The van der Waals surface area contributed by atoms with Gasteiger partial charge in [0.15, 0.2) is 0 Å². The Kier molecular flexibility index (Phi) is 3.43. The van der Waals surface area contributed by atoms with Crippen molar-refractivity contribution < 1.29 is 5.11 Å². The van der Waals surface area contributed by atoms with Gasteiger partial charge in [-0.2, -0.15) is 5.10 Å². The number of rotatable bonds is 3. The molecule has 0 amide bonds. The van der Waals surface area contributed by atoms with E-state index in [9.17, 15) is 5.11 Å². The number of piperidine rings is 1. The lowest BCUT2D eigenvalue weighted by Crippen LogP contribution is -2.29. The first kappa shape index (κ1) is 12.4. The van der Waals surface area contributed by atoms with E-state index in [-0.39, 0.29) is 0 Å². The van der Waals surface area contributed by atoms with E-state index in [0.29, 0.717) is 6.54 Å². The summed E-state index contributed by atoms with van der Waals surface area (Å²) in [6, 6.07) is 0. The Hall–Kier alpha value is -1.03. The molecule has 2 heterocycles. The van der Waals surface area contributed by atoms with Crippen LogP contribution in [0.2, 0.25) is 0 Å². The molecule has 0 bridgehead atoms. The third-order valence-corrected chi connectivity index (χ3v) is 3.17. The lowest BCUT2D eigenvalue weighted by molar-refractivity contribution is 0.0577. The summed E-state index contributed by atoms with van der Waals surface area (Å²) in [5, 5.41) is 14.3. The highest BCUT2D eigenvalue weighted by molar-refractivity contribution is 5.49. The maximum atomic E-state index is 9.81. The molecule has 0 aliphatic carbocycles. The SMILES string of the molecule is Cc1nn(CC(C)(C)O)cc1N1CCCCC1. The van der Waals surface area contributed by atoms with Gasteiger partial charge in [0.2, 0.25) is 0 Å². The molecular formula is C13H23N3O. The highest BCUT2D eigenvalue weighted by Gasteiger charge is 2.19. The molecule has 0 saturated carbocycles. The Morgan fingerprint density at radius 1 is 1.29 bits per heavy atom. The molecule has 0 radical (unpaired) electrons. The van der Waals surface area contributed by atoms with Crippen LogP contribution in [-0.2, 0) is 6.54 Å². The summed E-state index contributed by atoms with van der Waals surface area (Å²) in [6.07, 6.45) is 5.96. The lowest BCUT2D eigenvalue weighted by atomic mass is 10.1. The summed E-state index contributed by atoms with van der Waals surface area (Å²) in [7, 11) is 0. The van der Waals surface area contributed by atoms with E-state index in [0.717, 1.165) is 18.8 Å². The van der Waals surface area contributed by atoms with Crippen LogP contribution < -0.4 is 4.90 Å². The second-order valence-electron chi connectivity index (χ2n) is 5.66. The van der Waals surface area contributed by atoms with Crippen molar-refractivity contribution in [2.45, 2.75) is 52.2 Å². The molecular weight excluding hydrogens is 214 g/mol. The molecule has 0 spiro atoms. The van der Waals surface area contributed by atoms with Crippen molar-refractivity contribution in [3.63, 3.8) is 0 Å². The summed E-state index contributed by atoms with van der Waals surface area (Å²) in [5.74, 6) is 0. The smallest absolute Gasteiger partial charge is 0.0827 e. The predicted molar refractivity (Wildman–Crippen MR) is 69.3 cm³/mol. The molecule has 96 valence electrons. The van der Waals surface area contributed by atoms with Gasteiger partial charge in [-0.1, -0.05) is 0 Å². The molecule has 0 unspecified atom stereocenters. The minimum absolute atomic E-state index is 0.543. The van der Waals surface area contributed by atoms with Crippen LogP contribution >= 0.6 is 0 Å². The van der Waals surface area contributed by atoms with Gasteiger partial charge < -0.3 is 10.0 Å². The van der Waals surface area contributed by atoms with E-state index in [1.807, 2.05) is 25.5 Å². The zero-order chi connectivity index (χ0) is 12.5. The second-order valence-corrected chi connectivity index (χ2v) is 5.66. The molecule has 4 nitrogen and oxygen atoms in total. The van der Waals surface area contributed by atoms with Crippen molar-refractivity contribution in [3.8, 4) is 0 Å². The Balaban J connectivity index is 2.12. The van der Waals surface area contributed by atoms with Crippen LogP contribution in [0, 0.1) is 6.92 Å². The number of hydrogen-bond acceptors (Lipinski definition) is 3. The van der Waals surface area contributed by atoms with E-state index in [2.05, 4.69) is 16.2 Å². The van der Waals surface area contributed by atoms with Crippen LogP contribution in [0.1, 0.15) is 38.8 Å². The van der Waals surface area contributed by atoms with Crippen LogP contribution in [0.5, 0.6) is 0 Å². The first-order chi connectivity index (χ1) is 7.96. The van der Waals surface area contributed by atoms with Crippen molar-refractivity contribution in [2.24, 2.45) is 0 Å². The molecule has 1 aliphatic heterocycles. The number of aliphatic hydroxyl groups is 1. The standard InChI is InChI=1S/C13H23N3O/c1-11-12(15-7-5-4-6-8-15)9-16(14-11)10-13(2,3)17/h9,17H,4-8,10H2,1-3H3. The molecule has 1 N–H and O–H groups in total. The normalized spacial score (nSPS) is 17.5. The van der Waals surface area contributed by atoms with Crippen molar-refractivity contribution in [3.05, 3.63) is 11.9 Å². The van der Waals surface area contributed by atoms with Gasteiger partial charge >= 0.3 is 0 Å². The first-order valence-corrected chi connectivity index (χ1v) is 6.47. The fourth-order valence-corrected chi connectivity index (χ4v) is 2.43. The zero-order valence-corrected chi connectivity index (χ0v) is 11.1. The molecule has 2 rings (SSSR count). The maximum Gasteiger partial charge on any atom is 0.0827 e. The van der Waals surface area contributed by atoms with Gasteiger partial charge in [-0.15, -0.1) is 0 Å². The Morgan fingerprint density at radius 3 is 2.53 bits per heavy atom. The minimum atomic E-state index is -0.711. The van der Waals surface area contributed by atoms with E-state index in [1.165, 1.54) is 24.9 Å². The Bertz CT molecular complexity index is 373. The van der Waals surface area contributed by atoms with Crippen LogP contribution in [-0.4, -0.2) is 33.6 Å². The minimum Gasteiger partial charge on any atom is -0.389 e. The Labute approximate surface area is 103 Å². The van der Waals surface area contributed by atoms with Gasteiger partial charge in [-0.25, -0.2) is 0 Å². The van der Waals surface area contributed by atoms with Gasteiger partial charge in [-0.05, 0) is 40.0 Å². The van der Waals surface area contributed by atoms with Crippen molar-refractivity contribution >= 4 is 5.69 Å². The maximum absolute atomic E-state index is 9.81. The lowest BCUT2D eigenvalue weighted by Gasteiger charge is -2.27. The second kappa shape index (κ2) is 4.69. The third-order valence-electron chi connectivity index (χ3n) is 3.17. The first-order valence-electron chi connectivity index (χ1n) is 6.47. The number of aryl methyl sites for hydroxylation is 1. The van der Waals surface area contributed by atoms with Gasteiger partial charge in [-0.3, -0.25) is 4.68 Å². The highest BCUT2D eigenvalue weighted by atomic mass is 16.3.